The molecule has 30 nitrogen and oxygen atoms in total. The number of nitrogens with one attached hydrogen (secondary N) is 4. The van der Waals surface area contributed by atoms with Crippen molar-refractivity contribution in [3.63, 3.8) is 0 Å². The van der Waals surface area contributed by atoms with Crippen LogP contribution in [0.15, 0.2) is 111 Å². The van der Waals surface area contributed by atoms with Gasteiger partial charge in [-0.15, -0.1) is 0 Å². The highest BCUT2D eigenvalue weighted by atomic mass is 16.7. The van der Waals surface area contributed by atoms with Crippen molar-refractivity contribution in [3.8, 4) is 52.3 Å². The molecule has 0 spiro atoms. The number of cyclic esters (lactones) is 1. The lowest BCUT2D eigenvalue weighted by Gasteiger charge is -2.34. The first kappa shape index (κ1) is 66.0. The van der Waals surface area contributed by atoms with Gasteiger partial charge in [0.05, 0.1) is 29.8 Å². The summed E-state index contributed by atoms with van der Waals surface area (Å²) in [5.41, 5.74) is 6.11. The fourth-order valence-corrected chi connectivity index (χ4v) is 13.0. The molecule has 6 aliphatic rings. The molecular weight excluding hydrogens is 1260 g/mol. The van der Waals surface area contributed by atoms with Crippen molar-refractivity contribution in [3.05, 3.63) is 145 Å². The van der Waals surface area contributed by atoms with E-state index < -0.39 is 12.1 Å². The summed E-state index contributed by atoms with van der Waals surface area (Å²) in [4.78, 5) is 71.4. The van der Waals surface area contributed by atoms with Crippen LogP contribution in [0.4, 0.5) is 22.2 Å². The quantitative estimate of drug-likeness (QED) is 0.0647. The number of aliphatic hydroxyl groups excluding tert-OH is 1. The number of hydrogen-bond acceptors (Lipinski definition) is 21. The average molecular weight is 1340 g/mol. The summed E-state index contributed by atoms with van der Waals surface area (Å²) >= 11 is 0. The van der Waals surface area contributed by atoms with E-state index in [1.807, 2.05) is 154 Å². The molecule has 12 heterocycles. The van der Waals surface area contributed by atoms with Gasteiger partial charge in [0.25, 0.3) is 0 Å². The number of hydrogen-bond donors (Lipinski definition) is 5. The summed E-state index contributed by atoms with van der Waals surface area (Å²) in [5, 5.41) is 23.3. The van der Waals surface area contributed by atoms with Gasteiger partial charge in [0.15, 0.2) is 52.0 Å². The van der Waals surface area contributed by atoms with Crippen LogP contribution in [0, 0.1) is 20.8 Å². The number of anilines is 3. The van der Waals surface area contributed by atoms with E-state index in [-0.39, 0.29) is 49.6 Å². The molecule has 98 heavy (non-hydrogen) atoms. The summed E-state index contributed by atoms with van der Waals surface area (Å²) < 4.78 is 49.6. The number of fused-ring (bicyclic) bond motifs is 3. The summed E-state index contributed by atoms with van der Waals surface area (Å²) in [7, 11) is 7.77. The minimum absolute atomic E-state index is 0.00439. The highest BCUT2D eigenvalue weighted by molar-refractivity contribution is 5.89. The Kier molecular flexibility index (Phi) is 19.8. The highest BCUT2D eigenvalue weighted by Gasteiger charge is 2.41. The Morgan fingerprint density at radius 1 is 0.551 bits per heavy atom. The van der Waals surface area contributed by atoms with Crippen molar-refractivity contribution in [1.29, 1.82) is 0 Å². The van der Waals surface area contributed by atoms with Crippen molar-refractivity contribution in [2.45, 2.75) is 96.1 Å². The molecule has 6 aromatic heterocycles. The van der Waals surface area contributed by atoms with Crippen LogP contribution in [0.1, 0.15) is 59.5 Å². The third-order valence-corrected chi connectivity index (χ3v) is 18.7. The molecule has 0 bridgehead atoms. The molecule has 0 saturated carbocycles. The number of imidazole rings is 6. The van der Waals surface area contributed by atoms with Gasteiger partial charge in [0.2, 0.25) is 43.2 Å². The first-order chi connectivity index (χ1) is 47.7. The second-order valence-electron chi connectivity index (χ2n) is 24.8. The Balaban J connectivity index is 0.000000132. The number of amides is 3. The van der Waals surface area contributed by atoms with Crippen LogP contribution in [0.25, 0.3) is 17.8 Å². The first-order valence-corrected chi connectivity index (χ1v) is 33.0. The zero-order valence-corrected chi connectivity index (χ0v) is 56.0. The fraction of sp³-hybridized carbons (Fsp3) is 0.426. The second kappa shape index (κ2) is 29.4. The Bertz CT molecular complexity index is 4240. The van der Waals surface area contributed by atoms with E-state index >= 15 is 0 Å². The molecule has 3 saturated heterocycles. The topological polar surface area (TPSA) is 301 Å². The van der Waals surface area contributed by atoms with E-state index in [0.29, 0.717) is 82.4 Å². The summed E-state index contributed by atoms with van der Waals surface area (Å²) in [6.07, 6.45) is 18.9. The van der Waals surface area contributed by atoms with Crippen molar-refractivity contribution in [1.82, 2.24) is 78.6 Å². The number of likely N-dealkylation sites (N-methyl/N-ethyl adjacent to an activating group) is 1. The van der Waals surface area contributed by atoms with Gasteiger partial charge in [0, 0.05) is 116 Å². The van der Waals surface area contributed by atoms with Gasteiger partial charge in [-0.2, -0.15) is 15.0 Å². The summed E-state index contributed by atoms with van der Waals surface area (Å²) in [6.45, 7) is 11.6. The predicted octanol–water partition coefficient (Wildman–Crippen LogP) is 4.69. The molecule has 30 heteroatoms. The Morgan fingerprint density at radius 3 is 1.54 bits per heavy atom. The minimum Gasteiger partial charge on any atom is -0.486 e. The third kappa shape index (κ3) is 14.1. The minimum atomic E-state index is -0.586. The molecule has 3 amide bonds. The zero-order valence-electron chi connectivity index (χ0n) is 56.0. The third-order valence-electron chi connectivity index (χ3n) is 18.7. The maximum absolute atomic E-state index is 13.2. The molecule has 5 N–H and O–H groups in total. The van der Waals surface area contributed by atoms with Crippen LogP contribution in [0.3, 0.4) is 0 Å². The SMILES string of the molecule is CNC1CC(C(=O)NCCc2ccc3c(c2)OCO3)N(c2nc(-n3ccnc3)n(C)c2C)C1.Cc1c(N2C(=O)OCCC2CCNCc2ccc3c(c2)OCO3)nc(-n2ccnc2)n1C.Cc1c(N2CC(O)CC2C(=O)NCCc2ccc3c(c2)OCCO3)nc(-n2ccnc2)n1C. The number of carbonyl (C=O) groups excluding carboxylic acids is 3. The molecule has 3 fully saturated rings. The highest BCUT2D eigenvalue weighted by Crippen LogP contribution is 2.37. The van der Waals surface area contributed by atoms with E-state index in [1.165, 1.54) is 0 Å². The molecular formula is C68H83N19O11. The standard InChI is InChI=1S/C23H29N7O3.C23H28N6O4.C22H26N6O4/c1-15-21(27-23(28(15)3)29-9-8-25-13-29)30-12-17(24-2)11-18(30)22(31)26-7-6-16-4-5-19-20(10-16)33-14-32-19;1-15-21(26-23(27(15)2)28-8-7-24-14-28)29-13-17(30)12-18(29)22(31)25-6-5-16-3-4-19-20(11-16)33-10-9-32-19;1-15-20(25-21(26(15)2)27-9-8-24-13-27)28-17(6-10-30-22(28)29)5-7-23-12-16-3-4-18-19(11-16)32-14-31-18/h4-5,8-10,13,17-18,24H,6-7,11-12,14H2,1-3H3,(H,26,31);3-4,7-8,11,14,17-18,30H,5-6,9-10,12-13H2,1-2H3,(H,25,31);3-4,8-9,11,13,17,23H,5-7,10,12,14H2,1-2H3. The molecule has 0 aliphatic carbocycles. The maximum atomic E-state index is 13.2. The van der Waals surface area contributed by atoms with Crippen LogP contribution < -0.4 is 64.4 Å². The molecule has 5 atom stereocenters. The van der Waals surface area contributed by atoms with Gasteiger partial charge in [-0.05, 0) is 113 Å². The number of rotatable bonds is 20. The lowest BCUT2D eigenvalue weighted by Crippen LogP contribution is -2.47. The molecule has 5 unspecified atom stereocenters. The normalized spacial score (nSPS) is 18.9. The van der Waals surface area contributed by atoms with Crippen molar-refractivity contribution >= 4 is 35.4 Å². The molecule has 9 aromatic rings. The first-order valence-electron chi connectivity index (χ1n) is 33.0. The van der Waals surface area contributed by atoms with Gasteiger partial charge in [-0.1, -0.05) is 18.2 Å². The molecule has 6 aliphatic heterocycles. The number of ether oxygens (including phenoxy) is 7. The number of carbonyl (C=O) groups is 3. The smallest absolute Gasteiger partial charge is 0.415 e. The van der Waals surface area contributed by atoms with Gasteiger partial charge < -0.3 is 83.0 Å². The number of benzene rings is 3. The zero-order chi connectivity index (χ0) is 68.0. The number of nitrogens with zero attached hydrogens (tertiary/aromatic N) is 15. The lowest BCUT2D eigenvalue weighted by molar-refractivity contribution is -0.123. The average Bonchev–Trinajstić information content (AvgIpc) is 1.63. The van der Waals surface area contributed by atoms with Gasteiger partial charge in [0.1, 0.15) is 44.3 Å². The van der Waals surface area contributed by atoms with Crippen molar-refractivity contribution in [2.75, 3.05) is 87.9 Å². The second-order valence-corrected chi connectivity index (χ2v) is 24.8. The number of aromatic nitrogens is 12. The van der Waals surface area contributed by atoms with Crippen LogP contribution >= 0.6 is 0 Å². The fourth-order valence-electron chi connectivity index (χ4n) is 13.0. The van der Waals surface area contributed by atoms with Crippen LogP contribution in [0.2, 0.25) is 0 Å². The van der Waals surface area contributed by atoms with Crippen molar-refractivity contribution < 1.29 is 52.6 Å². The van der Waals surface area contributed by atoms with Gasteiger partial charge >= 0.3 is 6.09 Å². The monoisotopic (exact) mass is 1340 g/mol. The van der Waals surface area contributed by atoms with E-state index in [0.717, 1.165) is 119 Å². The number of aliphatic hydroxyl groups is 1. The van der Waals surface area contributed by atoms with E-state index in [9.17, 15) is 19.5 Å². The Hall–Kier alpha value is -10.6. The Morgan fingerprint density at radius 2 is 1.01 bits per heavy atom. The molecule has 516 valence electrons. The number of β-amino-alcohol motifs (C(OH)–C–C–N with tert-alkyl or cyclic N) is 1. The van der Waals surface area contributed by atoms with E-state index in [1.54, 1.807) is 42.5 Å². The lowest BCUT2D eigenvalue weighted by atomic mass is 10.1. The van der Waals surface area contributed by atoms with Crippen LogP contribution in [-0.2, 0) is 54.9 Å². The van der Waals surface area contributed by atoms with Crippen LogP contribution in [-0.4, -0.2) is 184 Å². The van der Waals surface area contributed by atoms with E-state index in [4.69, 9.17) is 48.1 Å². The van der Waals surface area contributed by atoms with Crippen LogP contribution in [0.5, 0.6) is 34.5 Å². The van der Waals surface area contributed by atoms with Gasteiger partial charge in [-0.3, -0.25) is 28.2 Å². The largest absolute Gasteiger partial charge is 0.486 e. The summed E-state index contributed by atoms with van der Waals surface area (Å²) in [5.74, 6) is 8.83. The molecule has 0 radical (unpaired) electrons. The maximum Gasteiger partial charge on any atom is 0.415 e. The predicted molar refractivity (Wildman–Crippen MR) is 360 cm³/mol. The van der Waals surface area contributed by atoms with Gasteiger partial charge in [-0.25, -0.2) is 19.7 Å². The molecule has 3 aromatic carbocycles. The van der Waals surface area contributed by atoms with E-state index in [2.05, 4.69) is 41.1 Å². The summed E-state index contributed by atoms with van der Waals surface area (Å²) in [6, 6.07) is 17.1. The Labute approximate surface area is 566 Å². The molecule has 15 rings (SSSR count). The van der Waals surface area contributed by atoms with Crippen molar-refractivity contribution in [2.24, 2.45) is 21.1 Å².